The van der Waals surface area contributed by atoms with Gasteiger partial charge >= 0.3 is 35.8 Å². The van der Waals surface area contributed by atoms with Crippen LogP contribution in [0.15, 0.2) is 84.4 Å². The van der Waals surface area contributed by atoms with E-state index >= 15 is 0 Å². The molecule has 814 valence electrons. The number of carbonyl (C=O) groups is 9. The van der Waals surface area contributed by atoms with Gasteiger partial charge < -0.3 is 45.3 Å². The Balaban J connectivity index is 0.000000158. The molecule has 32 atom stereocenters. The Morgan fingerprint density at radius 1 is 0.313 bits per heavy atom. The van der Waals surface area contributed by atoms with Crippen molar-refractivity contribution in [1.29, 1.82) is 0 Å². The maximum absolute atomic E-state index is 14.5. The van der Waals surface area contributed by atoms with Gasteiger partial charge in [-0.15, -0.1) is 0 Å². The third kappa shape index (κ3) is 18.7. The lowest BCUT2D eigenvalue weighted by molar-refractivity contribution is -0.239. The Morgan fingerprint density at radius 3 is 0.850 bits per heavy atom. The summed E-state index contributed by atoms with van der Waals surface area (Å²) in [4.78, 5) is 121. The van der Waals surface area contributed by atoms with Crippen LogP contribution in [-0.4, -0.2) is 160 Å². The molecule has 0 aliphatic heterocycles. The molecule has 18 rings (SSSR count). The molecular weight excluding hydrogens is 1830 g/mol. The van der Waals surface area contributed by atoms with Gasteiger partial charge in [0.05, 0.1) is 16.7 Å². The van der Waals surface area contributed by atoms with E-state index in [0.717, 1.165) is 160 Å². The van der Waals surface area contributed by atoms with Crippen molar-refractivity contribution in [1.82, 2.24) is 14.7 Å². The van der Waals surface area contributed by atoms with E-state index in [2.05, 4.69) is 211 Å². The summed E-state index contributed by atoms with van der Waals surface area (Å²) in [6.45, 7) is 47.7. The number of fused-ring (bicyclic) bond motifs is 21. The van der Waals surface area contributed by atoms with Gasteiger partial charge in [0.2, 0.25) is 0 Å². The topological polar surface area (TPSA) is 285 Å². The monoisotopic (exact) mass is 2020 g/mol. The van der Waals surface area contributed by atoms with Gasteiger partial charge in [-0.25, -0.2) is 19.2 Å². The van der Waals surface area contributed by atoms with Crippen molar-refractivity contribution in [2.75, 3.05) is 61.9 Å². The van der Waals surface area contributed by atoms with Crippen LogP contribution >= 0.6 is 0 Å². The number of aliphatic carboxylic acids is 3. The van der Waals surface area contributed by atoms with Crippen molar-refractivity contribution in [3.05, 3.63) is 118 Å². The van der Waals surface area contributed by atoms with Crippen molar-refractivity contribution in [3.8, 4) is 0 Å². The molecule has 0 saturated heterocycles. The third-order valence-electron chi connectivity index (χ3n) is 50.3. The van der Waals surface area contributed by atoms with Crippen LogP contribution < -0.4 is 0 Å². The number of aromatic carboxylic acids is 3. The number of nitrogens with zero attached hydrogens (tertiary/aromatic N) is 3. The number of rotatable bonds is 29. The molecule has 0 bridgehead atoms. The van der Waals surface area contributed by atoms with Crippen LogP contribution in [0.1, 0.15) is 434 Å². The molecule has 0 amide bonds. The van der Waals surface area contributed by atoms with Crippen LogP contribution in [0.25, 0.3) is 0 Å². The Morgan fingerprint density at radius 2 is 0.585 bits per heavy atom. The van der Waals surface area contributed by atoms with Crippen molar-refractivity contribution < 1.29 is 73.8 Å². The molecular formula is C129H193N3O15. The van der Waals surface area contributed by atoms with Crippen LogP contribution in [0.3, 0.4) is 0 Å². The highest BCUT2D eigenvalue weighted by Gasteiger charge is 2.77. The van der Waals surface area contributed by atoms with Crippen molar-refractivity contribution in [3.63, 3.8) is 0 Å². The molecule has 0 radical (unpaired) electrons. The molecule has 15 aliphatic carbocycles. The zero-order valence-electron chi connectivity index (χ0n) is 95.2. The molecule has 3 aromatic rings. The first kappa shape index (κ1) is 113. The van der Waals surface area contributed by atoms with E-state index in [9.17, 15) is 73.8 Å². The van der Waals surface area contributed by atoms with E-state index in [0.29, 0.717) is 136 Å². The molecule has 15 fully saturated rings. The number of hydrogen-bond acceptors (Lipinski definition) is 12. The molecule has 18 nitrogen and oxygen atoms in total. The van der Waals surface area contributed by atoms with Gasteiger partial charge in [0.25, 0.3) is 0 Å². The van der Waals surface area contributed by atoms with Gasteiger partial charge in [-0.2, -0.15) is 0 Å². The fraction of sp³-hybridized carbons (Fsp3) is 0.775. The summed E-state index contributed by atoms with van der Waals surface area (Å²) in [6, 6.07) is 23.1. The molecule has 0 heterocycles. The second-order valence-electron chi connectivity index (χ2n) is 57.5. The molecule has 0 aromatic heterocycles. The Kier molecular flexibility index (Phi) is 31.5. The normalized spacial score (nSPS) is 41.5. The highest BCUT2D eigenvalue weighted by atomic mass is 16.4. The van der Waals surface area contributed by atoms with E-state index in [1.165, 1.54) is 99.8 Å². The van der Waals surface area contributed by atoms with E-state index in [4.69, 9.17) is 0 Å². The van der Waals surface area contributed by atoms with E-state index in [1.54, 1.807) is 36.4 Å². The van der Waals surface area contributed by atoms with Crippen LogP contribution in [0, 0.1) is 182 Å². The summed E-state index contributed by atoms with van der Waals surface area (Å²) in [5, 5.41) is 58.0. The fourth-order valence-electron chi connectivity index (χ4n) is 43.1. The minimum atomic E-state index is -0.872. The third-order valence-corrected chi connectivity index (χ3v) is 50.3. The average Bonchev–Trinajstić information content (AvgIpc) is 1.65. The average molecular weight is 2030 g/mol. The van der Waals surface area contributed by atoms with Crippen molar-refractivity contribution in [2.45, 2.75) is 386 Å². The molecule has 15 aliphatic rings. The van der Waals surface area contributed by atoms with E-state index in [1.807, 2.05) is 6.92 Å². The molecule has 3 aromatic carbocycles. The second kappa shape index (κ2) is 41.1. The van der Waals surface area contributed by atoms with E-state index < -0.39 is 35.8 Å². The highest BCUT2D eigenvalue weighted by molar-refractivity contribution is 5.90. The summed E-state index contributed by atoms with van der Waals surface area (Å²) < 4.78 is 0. The minimum Gasteiger partial charge on any atom is -0.481 e. The molecule has 147 heavy (non-hydrogen) atoms. The summed E-state index contributed by atoms with van der Waals surface area (Å²) in [5.41, 5.74) is 6.79. The molecule has 15 saturated carbocycles. The molecule has 18 heteroatoms. The van der Waals surface area contributed by atoms with Crippen LogP contribution in [0.4, 0.5) is 0 Å². The van der Waals surface area contributed by atoms with Gasteiger partial charge in [-0.1, -0.05) is 160 Å². The standard InChI is InChI=1S/2C43H65NO5.C43H63NO5/c3*1-27(26-36(46)47)30-17-22-43(35(45)10-9-25-44(7)8)24-23-41(5)32(37(30)43)15-16-34-40(4)20-18-31(28-11-13-29(14-12-28)38(48)49)39(2,3)33(40)19-21-42(34,41)6/h2*11-14,27,30-34,37H,9-10,15-26H2,1-8H3,(H,46,47)(H,48,49);11-14,26,30-34,37H,9-10,15-25H2,1-8H3,(H,46,47)(H,48,49)/t2*27?,30-,31+,32+,33-,34+,37+,40-,41+,42+,43+;30-,31+,32+,33-,34+,37+,40-,41+,42+,43+/m000/s1. The van der Waals surface area contributed by atoms with Crippen LogP contribution in [0.2, 0.25) is 0 Å². The number of Topliss-reactive ketones (excluding diaryl/α,β-unsaturated/α-hetero) is 3. The fourth-order valence-corrected chi connectivity index (χ4v) is 43.1. The zero-order chi connectivity index (χ0) is 107. The van der Waals surface area contributed by atoms with Gasteiger partial charge in [0, 0.05) is 54.4 Å². The van der Waals surface area contributed by atoms with Crippen LogP contribution in [-0.2, 0) is 28.8 Å². The summed E-state index contributed by atoms with van der Waals surface area (Å²) in [7, 11) is 12.5. The lowest BCUT2D eigenvalue weighted by Gasteiger charge is -2.73. The predicted octanol–water partition coefficient (Wildman–Crippen LogP) is 28.6. The summed E-state index contributed by atoms with van der Waals surface area (Å²) in [5.74, 6) is 4.40. The number of benzene rings is 3. The zero-order valence-corrected chi connectivity index (χ0v) is 95.2. The molecule has 0 spiro atoms. The number of allylic oxidation sites excluding steroid dienone is 1. The Bertz CT molecular complexity index is 5180. The number of carboxylic acid groups (broad SMARTS) is 6. The Hall–Kier alpha value is -6.89. The highest BCUT2D eigenvalue weighted by Crippen LogP contribution is 2.84. The minimum absolute atomic E-state index is 0.0840. The summed E-state index contributed by atoms with van der Waals surface area (Å²) in [6.07, 6.45) is 39.6. The first-order valence-corrected chi connectivity index (χ1v) is 58.7. The van der Waals surface area contributed by atoms with Gasteiger partial charge in [0.15, 0.2) is 0 Å². The molecule has 2 unspecified atom stereocenters. The van der Waals surface area contributed by atoms with Gasteiger partial charge in [-0.3, -0.25) is 24.0 Å². The lowest BCUT2D eigenvalue weighted by atomic mass is 9.31. The Labute approximate surface area is 884 Å². The maximum Gasteiger partial charge on any atom is 0.335 e. The first-order valence-electron chi connectivity index (χ1n) is 58.7. The second-order valence-corrected chi connectivity index (χ2v) is 57.5. The SMILES string of the molecule is CC(=CC(=O)O)[C@@H]1CC[C@]2(C(=O)CCCN(C)C)CC[C@]3(C)[C@H](CC[C@@H]4[C@@]5(C)CC[C@H](c6ccc(C(=O)O)cc6)C(C)(C)[C@@H]5CC[C@]43C)[C@@H]12.CC(CC(=O)O)[C@@H]1CC[C@]2(C(=O)CCCN(C)C)CC[C@]3(C)[C@H](CC[C@@H]4[C@@]5(C)CC[C@H](c6ccc(C(=O)O)cc6)C(C)(C)[C@@H]5CC[C@]43C)[C@@H]12.CC(CC(=O)O)[C@@H]1CC[C@]2(C(=O)CCCN(C)C)CC[C@]3(C)[C@H](CC[C@@H]4[C@@]5(C)CC[C@H](c6ccc(C(=O)O)cc6)C(C)(C)[C@@H]5CC[C@]43C)[C@@H]12. The van der Waals surface area contributed by atoms with Crippen molar-refractivity contribution in [2.24, 2.45) is 182 Å². The number of carboxylic acids is 6. The largest absolute Gasteiger partial charge is 0.481 e. The van der Waals surface area contributed by atoms with Gasteiger partial charge in [-0.05, 0) is 517 Å². The van der Waals surface area contributed by atoms with Gasteiger partial charge in [0.1, 0.15) is 17.3 Å². The van der Waals surface area contributed by atoms with E-state index in [-0.39, 0.29) is 130 Å². The quantitative estimate of drug-likeness (QED) is 0.0352. The summed E-state index contributed by atoms with van der Waals surface area (Å²) >= 11 is 0. The first-order chi connectivity index (χ1) is 68.8. The number of ketones is 3. The van der Waals surface area contributed by atoms with Crippen LogP contribution in [0.5, 0.6) is 0 Å². The number of hydrogen-bond donors (Lipinski definition) is 6. The molecule has 6 N–H and O–H groups in total. The predicted molar refractivity (Wildman–Crippen MR) is 584 cm³/mol. The number of carbonyl (C=O) groups excluding carboxylic acids is 3. The maximum atomic E-state index is 14.5. The lowest BCUT2D eigenvalue weighted by Crippen LogP contribution is -2.66. The smallest absolute Gasteiger partial charge is 0.335 e. The van der Waals surface area contributed by atoms with Crippen molar-refractivity contribution >= 4 is 53.2 Å².